The third-order valence-electron chi connectivity index (χ3n) is 4.24. The Morgan fingerprint density at radius 1 is 1.47 bits per heavy atom. The van der Waals surface area contributed by atoms with Gasteiger partial charge in [-0.25, -0.2) is 0 Å². The minimum atomic E-state index is -0.327. The largest absolute Gasteiger partial charge is 0.344 e. The van der Waals surface area contributed by atoms with Crippen LogP contribution >= 0.6 is 11.8 Å². The maximum absolute atomic E-state index is 12.7. The van der Waals surface area contributed by atoms with Crippen molar-refractivity contribution in [2.75, 3.05) is 18.1 Å². The summed E-state index contributed by atoms with van der Waals surface area (Å²) in [4.78, 5) is 26.5. The summed E-state index contributed by atoms with van der Waals surface area (Å²) in [6.07, 6.45) is 3.61. The maximum Gasteiger partial charge on any atom is 0.245 e. The van der Waals surface area contributed by atoms with Gasteiger partial charge in [0.05, 0.1) is 0 Å². The molecule has 0 bridgehead atoms. The molecule has 3 unspecified atom stereocenters. The third-order valence-corrected chi connectivity index (χ3v) is 5.43. The molecule has 0 radical (unpaired) electrons. The molecule has 0 aromatic carbocycles. The summed E-state index contributed by atoms with van der Waals surface area (Å²) in [7, 11) is 0. The van der Waals surface area contributed by atoms with Gasteiger partial charge in [-0.2, -0.15) is 11.8 Å². The van der Waals surface area contributed by atoms with Crippen LogP contribution in [-0.4, -0.2) is 46.8 Å². The van der Waals surface area contributed by atoms with E-state index in [1.807, 2.05) is 23.6 Å². The molecule has 5 heteroatoms. The summed E-state index contributed by atoms with van der Waals surface area (Å²) >= 11 is 1.92. The zero-order valence-corrected chi connectivity index (χ0v) is 12.7. The van der Waals surface area contributed by atoms with Gasteiger partial charge in [-0.3, -0.25) is 9.59 Å². The Hall–Kier alpha value is -0.710. The van der Waals surface area contributed by atoms with E-state index in [0.29, 0.717) is 19.0 Å². The molecule has 2 amide bonds. The first-order chi connectivity index (χ1) is 9.13. The van der Waals surface area contributed by atoms with Crippen molar-refractivity contribution in [1.29, 1.82) is 0 Å². The molecule has 0 aromatic heterocycles. The molecule has 2 aliphatic rings. The lowest BCUT2D eigenvalue weighted by Gasteiger charge is -2.35. The highest BCUT2D eigenvalue weighted by Gasteiger charge is 2.36. The molecule has 3 atom stereocenters. The number of carbonyl (C=O) groups is 2. The van der Waals surface area contributed by atoms with Crippen LogP contribution in [0.4, 0.5) is 0 Å². The molecule has 4 nitrogen and oxygen atoms in total. The molecule has 108 valence electrons. The van der Waals surface area contributed by atoms with Crippen LogP contribution in [0, 0.1) is 5.92 Å². The van der Waals surface area contributed by atoms with Crippen LogP contribution in [0.3, 0.4) is 0 Å². The average molecular weight is 284 g/mol. The van der Waals surface area contributed by atoms with E-state index in [-0.39, 0.29) is 23.8 Å². The predicted molar refractivity (Wildman–Crippen MR) is 78.1 cm³/mol. The van der Waals surface area contributed by atoms with Gasteiger partial charge in [-0.1, -0.05) is 20.3 Å². The first kappa shape index (κ1) is 14.7. The van der Waals surface area contributed by atoms with E-state index in [0.717, 1.165) is 18.6 Å². The van der Waals surface area contributed by atoms with Crippen molar-refractivity contribution in [3.05, 3.63) is 0 Å². The fourth-order valence-electron chi connectivity index (χ4n) is 2.77. The predicted octanol–water partition coefficient (Wildman–Crippen LogP) is 1.65. The van der Waals surface area contributed by atoms with Gasteiger partial charge in [-0.15, -0.1) is 0 Å². The Labute approximate surface area is 119 Å². The highest BCUT2D eigenvalue weighted by Crippen LogP contribution is 2.24. The molecule has 0 aliphatic carbocycles. The van der Waals surface area contributed by atoms with Crippen LogP contribution in [0.2, 0.25) is 0 Å². The van der Waals surface area contributed by atoms with E-state index in [2.05, 4.69) is 12.2 Å². The molecule has 2 rings (SSSR count). The number of hydrogen-bond donors (Lipinski definition) is 1. The lowest BCUT2D eigenvalue weighted by molar-refractivity contribution is -0.136. The zero-order valence-electron chi connectivity index (χ0n) is 11.9. The molecule has 0 saturated carbocycles. The number of nitrogens with zero attached hydrogens (tertiary/aromatic N) is 1. The first-order valence-corrected chi connectivity index (χ1v) is 8.46. The molecule has 1 N–H and O–H groups in total. The maximum atomic E-state index is 12.7. The molecule has 0 spiro atoms. The van der Waals surface area contributed by atoms with Gasteiger partial charge in [0.1, 0.15) is 6.04 Å². The topological polar surface area (TPSA) is 49.4 Å². The first-order valence-electron chi connectivity index (χ1n) is 7.31. The Kier molecular flexibility index (Phi) is 5.13. The summed E-state index contributed by atoms with van der Waals surface area (Å²) in [5, 5.41) is 2.91. The van der Waals surface area contributed by atoms with Crippen LogP contribution in [0.1, 0.15) is 39.5 Å². The van der Waals surface area contributed by atoms with Crippen LogP contribution in [0.25, 0.3) is 0 Å². The van der Waals surface area contributed by atoms with E-state index >= 15 is 0 Å². The number of nitrogens with one attached hydrogen (secondary N) is 1. The van der Waals surface area contributed by atoms with Crippen LogP contribution in [0.5, 0.6) is 0 Å². The van der Waals surface area contributed by atoms with Gasteiger partial charge >= 0.3 is 0 Å². The third kappa shape index (κ3) is 3.44. The Morgan fingerprint density at radius 2 is 2.26 bits per heavy atom. The molecular formula is C14H24N2O2S. The fraction of sp³-hybridized carbons (Fsp3) is 0.857. The number of hydrogen-bond acceptors (Lipinski definition) is 3. The molecule has 2 fully saturated rings. The summed E-state index contributed by atoms with van der Waals surface area (Å²) in [6, 6.07) is -0.00238. The highest BCUT2D eigenvalue weighted by atomic mass is 32.2. The van der Waals surface area contributed by atoms with Gasteiger partial charge in [0.15, 0.2) is 0 Å². The van der Waals surface area contributed by atoms with E-state index in [4.69, 9.17) is 0 Å². The lowest BCUT2D eigenvalue weighted by atomic mass is 9.97. The molecule has 2 saturated heterocycles. The Balaban J connectivity index is 2.13. The second kappa shape index (κ2) is 6.64. The van der Waals surface area contributed by atoms with Crippen molar-refractivity contribution < 1.29 is 9.59 Å². The van der Waals surface area contributed by atoms with Crippen LogP contribution in [-0.2, 0) is 9.59 Å². The molecule has 19 heavy (non-hydrogen) atoms. The standard InChI is InChI=1S/C14H24N2O2S/c1-3-10(2)13-14(18)16(7-6-12(17)15-13)11-5-4-8-19-9-11/h10-11,13H,3-9H2,1-2H3,(H,15,17). The Morgan fingerprint density at radius 3 is 2.89 bits per heavy atom. The van der Waals surface area contributed by atoms with E-state index in [1.54, 1.807) is 0 Å². The molecule has 0 aromatic rings. The quantitative estimate of drug-likeness (QED) is 0.857. The number of carbonyl (C=O) groups excluding carboxylic acids is 2. The highest BCUT2D eigenvalue weighted by molar-refractivity contribution is 7.99. The van der Waals surface area contributed by atoms with Gasteiger partial charge < -0.3 is 10.2 Å². The van der Waals surface area contributed by atoms with E-state index in [1.165, 1.54) is 12.2 Å². The smallest absolute Gasteiger partial charge is 0.245 e. The SMILES string of the molecule is CCC(C)C1NC(=O)CCN(C2CCCSC2)C1=O. The summed E-state index contributed by atoms with van der Waals surface area (Å²) in [6.45, 7) is 4.70. The minimum absolute atomic E-state index is 0.0182. The Bertz CT molecular complexity index is 342. The van der Waals surface area contributed by atoms with Gasteiger partial charge in [0.2, 0.25) is 11.8 Å². The van der Waals surface area contributed by atoms with Crippen LogP contribution < -0.4 is 5.32 Å². The summed E-state index contributed by atoms with van der Waals surface area (Å²) in [5.74, 6) is 2.57. The lowest BCUT2D eigenvalue weighted by Crippen LogP contribution is -2.52. The van der Waals surface area contributed by atoms with Gasteiger partial charge in [-0.05, 0) is 24.5 Å². The fourth-order valence-corrected chi connectivity index (χ4v) is 3.93. The van der Waals surface area contributed by atoms with Gasteiger partial charge in [0.25, 0.3) is 0 Å². The monoisotopic (exact) mass is 284 g/mol. The molecule has 2 heterocycles. The summed E-state index contributed by atoms with van der Waals surface area (Å²) in [5.41, 5.74) is 0. The second-order valence-corrected chi connectivity index (χ2v) is 6.73. The summed E-state index contributed by atoms with van der Waals surface area (Å²) < 4.78 is 0. The van der Waals surface area contributed by atoms with Gasteiger partial charge in [0, 0.05) is 24.8 Å². The molecular weight excluding hydrogens is 260 g/mol. The van der Waals surface area contributed by atoms with Crippen LogP contribution in [0.15, 0.2) is 0 Å². The van der Waals surface area contributed by atoms with Crippen molar-refractivity contribution in [2.45, 2.75) is 51.6 Å². The average Bonchev–Trinajstić information content (AvgIpc) is 2.59. The van der Waals surface area contributed by atoms with E-state index in [9.17, 15) is 9.59 Å². The van der Waals surface area contributed by atoms with Crippen molar-refractivity contribution in [3.63, 3.8) is 0 Å². The number of amides is 2. The second-order valence-electron chi connectivity index (χ2n) is 5.58. The van der Waals surface area contributed by atoms with Crippen molar-refractivity contribution >= 4 is 23.6 Å². The van der Waals surface area contributed by atoms with Crippen molar-refractivity contribution in [1.82, 2.24) is 10.2 Å². The minimum Gasteiger partial charge on any atom is -0.344 e. The number of rotatable bonds is 3. The van der Waals surface area contributed by atoms with E-state index < -0.39 is 0 Å². The zero-order chi connectivity index (χ0) is 13.8. The molecule has 2 aliphatic heterocycles. The number of thioether (sulfide) groups is 1. The normalized spacial score (nSPS) is 30.7. The van der Waals surface area contributed by atoms with Crippen molar-refractivity contribution in [2.24, 2.45) is 5.92 Å². The van der Waals surface area contributed by atoms with Crippen molar-refractivity contribution in [3.8, 4) is 0 Å².